The first-order valence-corrected chi connectivity index (χ1v) is 5.15. The van der Waals surface area contributed by atoms with E-state index in [1.807, 2.05) is 13.0 Å². The van der Waals surface area contributed by atoms with Crippen LogP contribution in [-0.2, 0) is 0 Å². The summed E-state index contributed by atoms with van der Waals surface area (Å²) < 4.78 is 0. The Morgan fingerprint density at radius 2 is 2.25 bits per heavy atom. The molecule has 0 fully saturated rings. The van der Waals surface area contributed by atoms with Crippen LogP contribution in [0, 0.1) is 5.41 Å². The number of anilines is 2. The monoisotopic (exact) mass is 217 g/mol. The van der Waals surface area contributed by atoms with Gasteiger partial charge >= 0.3 is 0 Å². The zero-order chi connectivity index (χ0) is 11.7. The van der Waals surface area contributed by atoms with E-state index in [1.165, 1.54) is 5.57 Å². The van der Waals surface area contributed by atoms with Gasteiger partial charge in [-0.05, 0) is 31.1 Å². The van der Waals surface area contributed by atoms with Gasteiger partial charge in [-0.25, -0.2) is 4.98 Å². The lowest BCUT2D eigenvalue weighted by atomic mass is 10.1. The second-order valence-electron chi connectivity index (χ2n) is 4.01. The highest BCUT2D eigenvalue weighted by molar-refractivity contribution is 5.98. The van der Waals surface area contributed by atoms with Crippen LogP contribution in [0.15, 0.2) is 23.4 Å². The van der Waals surface area contributed by atoms with Crippen molar-refractivity contribution in [2.45, 2.75) is 13.8 Å². The third-order valence-corrected chi connectivity index (χ3v) is 2.73. The summed E-state index contributed by atoms with van der Waals surface area (Å²) in [6, 6.07) is 1.84. The molecule has 16 heavy (non-hydrogen) atoms. The van der Waals surface area contributed by atoms with Gasteiger partial charge in [-0.2, -0.15) is 4.98 Å². The van der Waals surface area contributed by atoms with Gasteiger partial charge in [0.25, 0.3) is 0 Å². The SMILES string of the molecule is CC(=N)C1=C(C)CN(c2ccnc(N)n2)C1. The second kappa shape index (κ2) is 3.92. The molecular formula is C11H15N5. The Hall–Kier alpha value is -1.91. The lowest BCUT2D eigenvalue weighted by molar-refractivity contribution is 0.941. The number of hydrogen-bond acceptors (Lipinski definition) is 5. The molecule has 0 unspecified atom stereocenters. The fraction of sp³-hybridized carbons (Fsp3) is 0.364. The van der Waals surface area contributed by atoms with Gasteiger partial charge in [-0.15, -0.1) is 0 Å². The molecule has 5 nitrogen and oxygen atoms in total. The molecular weight excluding hydrogens is 202 g/mol. The molecule has 1 aliphatic rings. The number of nitrogen functional groups attached to an aromatic ring is 1. The molecule has 0 aromatic carbocycles. The van der Waals surface area contributed by atoms with Crippen molar-refractivity contribution in [2.75, 3.05) is 23.7 Å². The van der Waals surface area contributed by atoms with Crippen LogP contribution in [0.1, 0.15) is 13.8 Å². The lowest BCUT2D eigenvalue weighted by Crippen LogP contribution is -2.22. The van der Waals surface area contributed by atoms with E-state index in [-0.39, 0.29) is 5.95 Å². The fourth-order valence-corrected chi connectivity index (χ4v) is 1.90. The average Bonchev–Trinajstić information content (AvgIpc) is 2.60. The first kappa shape index (κ1) is 10.6. The summed E-state index contributed by atoms with van der Waals surface area (Å²) in [5.74, 6) is 1.11. The summed E-state index contributed by atoms with van der Waals surface area (Å²) in [6.07, 6.45) is 1.66. The number of hydrogen-bond donors (Lipinski definition) is 2. The van der Waals surface area contributed by atoms with E-state index in [0.29, 0.717) is 5.71 Å². The van der Waals surface area contributed by atoms with E-state index in [9.17, 15) is 0 Å². The van der Waals surface area contributed by atoms with Crippen molar-refractivity contribution < 1.29 is 0 Å². The molecule has 0 spiro atoms. The number of rotatable bonds is 2. The van der Waals surface area contributed by atoms with Crippen LogP contribution >= 0.6 is 0 Å². The highest BCUT2D eigenvalue weighted by Gasteiger charge is 2.21. The molecule has 5 heteroatoms. The molecule has 2 heterocycles. The van der Waals surface area contributed by atoms with Crippen molar-refractivity contribution in [3.63, 3.8) is 0 Å². The number of aromatic nitrogens is 2. The molecule has 0 aliphatic carbocycles. The predicted molar refractivity (Wildman–Crippen MR) is 64.8 cm³/mol. The standard InChI is InChI=1S/C11H15N5/c1-7-5-16(6-9(7)8(2)12)10-3-4-14-11(13)15-10/h3-4,12H,5-6H2,1-2H3,(H2,13,14,15). The molecule has 0 saturated carbocycles. The molecule has 0 atom stereocenters. The van der Waals surface area contributed by atoms with E-state index in [1.54, 1.807) is 6.20 Å². The Morgan fingerprint density at radius 1 is 1.50 bits per heavy atom. The summed E-state index contributed by atoms with van der Waals surface area (Å²) in [6.45, 7) is 5.41. The summed E-state index contributed by atoms with van der Waals surface area (Å²) >= 11 is 0. The van der Waals surface area contributed by atoms with Gasteiger partial charge in [-0.3, -0.25) is 0 Å². The minimum Gasteiger partial charge on any atom is -0.368 e. The molecule has 0 radical (unpaired) electrons. The quantitative estimate of drug-likeness (QED) is 0.730. The van der Waals surface area contributed by atoms with Gasteiger partial charge < -0.3 is 16.0 Å². The van der Waals surface area contributed by atoms with Crippen molar-refractivity contribution in [1.82, 2.24) is 9.97 Å². The first-order valence-electron chi connectivity index (χ1n) is 5.15. The fourth-order valence-electron chi connectivity index (χ4n) is 1.90. The number of nitrogens with one attached hydrogen (secondary N) is 1. The van der Waals surface area contributed by atoms with Crippen molar-refractivity contribution in [3.8, 4) is 0 Å². The van der Waals surface area contributed by atoms with Crippen LogP contribution in [-0.4, -0.2) is 28.8 Å². The maximum absolute atomic E-state index is 7.67. The van der Waals surface area contributed by atoms with Crippen LogP contribution in [0.5, 0.6) is 0 Å². The van der Waals surface area contributed by atoms with Crippen LogP contribution in [0.3, 0.4) is 0 Å². The highest BCUT2D eigenvalue weighted by Crippen LogP contribution is 2.23. The molecule has 1 aliphatic heterocycles. The smallest absolute Gasteiger partial charge is 0.221 e. The molecule has 3 N–H and O–H groups in total. The zero-order valence-corrected chi connectivity index (χ0v) is 9.49. The average molecular weight is 217 g/mol. The largest absolute Gasteiger partial charge is 0.368 e. The third-order valence-electron chi connectivity index (χ3n) is 2.73. The molecule has 1 aromatic heterocycles. The van der Waals surface area contributed by atoms with Crippen LogP contribution < -0.4 is 10.6 Å². The van der Waals surface area contributed by atoms with Gasteiger partial charge in [0.05, 0.1) is 0 Å². The highest BCUT2D eigenvalue weighted by atomic mass is 15.2. The van der Waals surface area contributed by atoms with Gasteiger partial charge in [0.2, 0.25) is 5.95 Å². The van der Waals surface area contributed by atoms with Crippen molar-refractivity contribution in [3.05, 3.63) is 23.4 Å². The van der Waals surface area contributed by atoms with Crippen LogP contribution in [0.2, 0.25) is 0 Å². The van der Waals surface area contributed by atoms with Crippen LogP contribution in [0.25, 0.3) is 0 Å². The molecule has 0 saturated heterocycles. The normalized spacial score (nSPS) is 15.8. The maximum Gasteiger partial charge on any atom is 0.221 e. The number of nitrogens with zero attached hydrogens (tertiary/aromatic N) is 3. The second-order valence-corrected chi connectivity index (χ2v) is 4.01. The van der Waals surface area contributed by atoms with E-state index in [0.717, 1.165) is 24.5 Å². The molecule has 0 bridgehead atoms. The third kappa shape index (κ3) is 1.88. The Bertz CT molecular complexity index is 463. The van der Waals surface area contributed by atoms with Gasteiger partial charge in [0.15, 0.2) is 0 Å². The van der Waals surface area contributed by atoms with E-state index in [2.05, 4.69) is 21.8 Å². The Balaban J connectivity index is 2.20. The lowest BCUT2D eigenvalue weighted by Gasteiger charge is -2.17. The zero-order valence-electron chi connectivity index (χ0n) is 9.49. The maximum atomic E-state index is 7.67. The van der Waals surface area contributed by atoms with Gasteiger partial charge in [0, 0.05) is 25.0 Å². The number of nitrogens with two attached hydrogens (primary N) is 1. The minimum absolute atomic E-state index is 0.287. The Morgan fingerprint density at radius 3 is 2.81 bits per heavy atom. The first-order chi connectivity index (χ1) is 7.58. The summed E-state index contributed by atoms with van der Waals surface area (Å²) in [5, 5.41) is 7.67. The van der Waals surface area contributed by atoms with Gasteiger partial charge in [-0.1, -0.05) is 0 Å². The minimum atomic E-state index is 0.287. The van der Waals surface area contributed by atoms with Crippen LogP contribution in [0.4, 0.5) is 11.8 Å². The van der Waals surface area contributed by atoms with Crippen molar-refractivity contribution >= 4 is 17.5 Å². The van der Waals surface area contributed by atoms with E-state index in [4.69, 9.17) is 11.1 Å². The summed E-state index contributed by atoms with van der Waals surface area (Å²) in [5.41, 5.74) is 8.50. The summed E-state index contributed by atoms with van der Waals surface area (Å²) in [7, 11) is 0. The van der Waals surface area contributed by atoms with Crippen molar-refractivity contribution in [1.29, 1.82) is 5.41 Å². The topological polar surface area (TPSA) is 78.9 Å². The molecule has 2 rings (SSSR count). The predicted octanol–water partition coefficient (Wildman–Crippen LogP) is 1.23. The van der Waals surface area contributed by atoms with E-state index >= 15 is 0 Å². The Labute approximate surface area is 94.5 Å². The Kier molecular flexibility index (Phi) is 2.60. The molecule has 0 amide bonds. The van der Waals surface area contributed by atoms with E-state index < -0.39 is 0 Å². The van der Waals surface area contributed by atoms with Crippen molar-refractivity contribution in [2.24, 2.45) is 0 Å². The molecule has 84 valence electrons. The van der Waals surface area contributed by atoms with Gasteiger partial charge in [0.1, 0.15) is 5.82 Å². The molecule has 1 aromatic rings. The summed E-state index contributed by atoms with van der Waals surface area (Å²) in [4.78, 5) is 10.1.